The fourth-order valence-corrected chi connectivity index (χ4v) is 1.55. The van der Waals surface area contributed by atoms with E-state index in [2.05, 4.69) is 10.1 Å². The van der Waals surface area contributed by atoms with Crippen LogP contribution in [0.3, 0.4) is 0 Å². The average molecular weight is 248 g/mol. The maximum atomic E-state index is 12.2. The molecule has 17 heavy (non-hydrogen) atoms. The fraction of sp³-hybridized carbons (Fsp3) is 0.455. The van der Waals surface area contributed by atoms with Crippen LogP contribution in [-0.4, -0.2) is 19.5 Å². The lowest BCUT2D eigenvalue weighted by Gasteiger charge is -2.20. The Morgan fingerprint density at radius 3 is 2.53 bits per heavy atom. The molecular formula is C11H15F3N2O. The molecule has 1 aromatic carbocycles. The summed E-state index contributed by atoms with van der Waals surface area (Å²) < 4.78 is 40.6. The summed E-state index contributed by atoms with van der Waals surface area (Å²) in [5.74, 6) is -0.212. The van der Waals surface area contributed by atoms with E-state index in [1.54, 1.807) is 12.1 Å². The molecule has 0 spiro atoms. The maximum absolute atomic E-state index is 12.2. The Kier molecular flexibility index (Phi) is 4.77. The SMILES string of the molecule is CCNC(CN)c1ccccc1OC(F)(F)F. The number of halogens is 3. The van der Waals surface area contributed by atoms with E-state index in [1.165, 1.54) is 12.1 Å². The summed E-state index contributed by atoms with van der Waals surface area (Å²) in [6.07, 6.45) is -4.69. The molecule has 1 aromatic rings. The number of nitrogens with one attached hydrogen (secondary N) is 1. The Morgan fingerprint density at radius 1 is 1.35 bits per heavy atom. The largest absolute Gasteiger partial charge is 0.573 e. The molecule has 0 aliphatic heterocycles. The zero-order valence-corrected chi connectivity index (χ0v) is 9.42. The van der Waals surface area contributed by atoms with Crippen LogP contribution in [0.15, 0.2) is 24.3 Å². The van der Waals surface area contributed by atoms with E-state index < -0.39 is 6.36 Å². The molecule has 96 valence electrons. The van der Waals surface area contributed by atoms with E-state index in [1.807, 2.05) is 6.92 Å². The summed E-state index contributed by atoms with van der Waals surface area (Å²) in [5, 5.41) is 3.00. The van der Waals surface area contributed by atoms with E-state index in [-0.39, 0.29) is 18.3 Å². The quantitative estimate of drug-likeness (QED) is 0.839. The van der Waals surface area contributed by atoms with Gasteiger partial charge in [-0.1, -0.05) is 25.1 Å². The van der Waals surface area contributed by atoms with Crippen molar-refractivity contribution in [2.24, 2.45) is 5.73 Å². The number of hydrogen-bond acceptors (Lipinski definition) is 3. The molecule has 3 N–H and O–H groups in total. The van der Waals surface area contributed by atoms with Crippen molar-refractivity contribution >= 4 is 0 Å². The second kappa shape index (κ2) is 5.88. The lowest BCUT2D eigenvalue weighted by molar-refractivity contribution is -0.275. The molecule has 3 nitrogen and oxygen atoms in total. The predicted octanol–water partition coefficient (Wildman–Crippen LogP) is 2.19. The first-order valence-corrected chi connectivity index (χ1v) is 5.26. The molecule has 0 saturated carbocycles. The first kappa shape index (κ1) is 13.8. The van der Waals surface area contributed by atoms with Crippen molar-refractivity contribution in [3.05, 3.63) is 29.8 Å². The van der Waals surface area contributed by atoms with Gasteiger partial charge in [0, 0.05) is 18.2 Å². The second-order valence-electron chi connectivity index (χ2n) is 3.43. The molecule has 1 atom stereocenters. The highest BCUT2D eigenvalue weighted by atomic mass is 19.4. The molecule has 1 rings (SSSR count). The molecule has 0 amide bonds. The highest BCUT2D eigenvalue weighted by molar-refractivity contribution is 5.36. The van der Waals surface area contributed by atoms with E-state index in [0.717, 1.165) is 0 Å². The molecule has 0 aliphatic carbocycles. The highest BCUT2D eigenvalue weighted by Crippen LogP contribution is 2.29. The Bertz CT molecular complexity index is 355. The first-order valence-electron chi connectivity index (χ1n) is 5.26. The van der Waals surface area contributed by atoms with Crippen LogP contribution >= 0.6 is 0 Å². The molecule has 0 aliphatic rings. The molecule has 0 radical (unpaired) electrons. The minimum Gasteiger partial charge on any atom is -0.405 e. The van der Waals surface area contributed by atoms with E-state index in [9.17, 15) is 13.2 Å². The van der Waals surface area contributed by atoms with E-state index >= 15 is 0 Å². The van der Waals surface area contributed by atoms with E-state index in [0.29, 0.717) is 12.1 Å². The van der Waals surface area contributed by atoms with Crippen molar-refractivity contribution < 1.29 is 17.9 Å². The highest BCUT2D eigenvalue weighted by Gasteiger charge is 2.32. The van der Waals surface area contributed by atoms with Gasteiger partial charge in [0.25, 0.3) is 0 Å². The van der Waals surface area contributed by atoms with Gasteiger partial charge < -0.3 is 15.8 Å². The summed E-state index contributed by atoms with van der Waals surface area (Å²) in [4.78, 5) is 0. The number of likely N-dealkylation sites (N-methyl/N-ethyl adjacent to an activating group) is 1. The van der Waals surface area contributed by atoms with Crippen molar-refractivity contribution in [1.82, 2.24) is 5.32 Å². The van der Waals surface area contributed by atoms with Crippen molar-refractivity contribution in [3.63, 3.8) is 0 Å². The van der Waals surface area contributed by atoms with Gasteiger partial charge in [-0.15, -0.1) is 13.2 Å². The standard InChI is InChI=1S/C11H15F3N2O/c1-2-16-9(7-15)8-5-3-4-6-10(8)17-11(12,13)14/h3-6,9,16H,2,7,15H2,1H3. The molecule has 0 saturated heterocycles. The van der Waals surface area contributed by atoms with Gasteiger partial charge in [-0.25, -0.2) is 0 Å². The Balaban J connectivity index is 2.97. The van der Waals surface area contributed by atoms with Crippen LogP contribution in [0.25, 0.3) is 0 Å². The molecule has 0 fully saturated rings. The summed E-state index contributed by atoms with van der Waals surface area (Å²) in [6, 6.07) is 5.64. The molecular weight excluding hydrogens is 233 g/mol. The number of rotatable bonds is 5. The van der Waals surface area contributed by atoms with Crippen molar-refractivity contribution in [1.29, 1.82) is 0 Å². The predicted molar refractivity (Wildman–Crippen MR) is 58.6 cm³/mol. The normalized spacial score (nSPS) is 13.5. The number of ether oxygens (including phenoxy) is 1. The van der Waals surface area contributed by atoms with Crippen LogP contribution in [0, 0.1) is 0 Å². The van der Waals surface area contributed by atoms with E-state index in [4.69, 9.17) is 5.73 Å². The van der Waals surface area contributed by atoms with Gasteiger partial charge in [-0.3, -0.25) is 0 Å². The van der Waals surface area contributed by atoms with Crippen LogP contribution in [0.4, 0.5) is 13.2 Å². The van der Waals surface area contributed by atoms with Crippen LogP contribution in [0.2, 0.25) is 0 Å². The number of para-hydroxylation sites is 1. The second-order valence-corrected chi connectivity index (χ2v) is 3.43. The maximum Gasteiger partial charge on any atom is 0.573 e. The first-order chi connectivity index (χ1) is 7.98. The summed E-state index contributed by atoms with van der Waals surface area (Å²) in [5.41, 5.74) is 5.94. The van der Waals surface area contributed by atoms with Crippen molar-refractivity contribution in [3.8, 4) is 5.75 Å². The average Bonchev–Trinajstić information content (AvgIpc) is 2.25. The van der Waals surface area contributed by atoms with Gasteiger partial charge in [-0.05, 0) is 12.6 Å². The Labute approximate surface area is 97.8 Å². The monoisotopic (exact) mass is 248 g/mol. The summed E-state index contributed by atoms with van der Waals surface area (Å²) >= 11 is 0. The third-order valence-corrected chi connectivity index (χ3v) is 2.21. The van der Waals surface area contributed by atoms with Gasteiger partial charge in [0.15, 0.2) is 0 Å². The Morgan fingerprint density at radius 2 is 2.00 bits per heavy atom. The molecule has 6 heteroatoms. The lowest BCUT2D eigenvalue weighted by Crippen LogP contribution is -2.29. The van der Waals surface area contributed by atoms with Gasteiger partial charge in [0.05, 0.1) is 0 Å². The number of benzene rings is 1. The molecule has 1 unspecified atom stereocenters. The molecule has 0 heterocycles. The zero-order chi connectivity index (χ0) is 12.9. The third-order valence-electron chi connectivity index (χ3n) is 2.21. The summed E-state index contributed by atoms with van der Waals surface area (Å²) in [7, 11) is 0. The summed E-state index contributed by atoms with van der Waals surface area (Å²) in [6.45, 7) is 2.67. The molecule has 0 aromatic heterocycles. The van der Waals surface area contributed by atoms with Gasteiger partial charge in [0.1, 0.15) is 5.75 Å². The van der Waals surface area contributed by atoms with Crippen molar-refractivity contribution in [2.75, 3.05) is 13.1 Å². The number of hydrogen-bond donors (Lipinski definition) is 2. The van der Waals surface area contributed by atoms with Crippen molar-refractivity contribution in [2.45, 2.75) is 19.3 Å². The lowest BCUT2D eigenvalue weighted by atomic mass is 10.1. The van der Waals surface area contributed by atoms with Gasteiger partial charge in [0.2, 0.25) is 0 Å². The van der Waals surface area contributed by atoms with Crippen LogP contribution in [-0.2, 0) is 0 Å². The fourth-order valence-electron chi connectivity index (χ4n) is 1.55. The topological polar surface area (TPSA) is 47.3 Å². The smallest absolute Gasteiger partial charge is 0.405 e. The molecule has 0 bridgehead atoms. The van der Waals surface area contributed by atoms with Crippen LogP contribution in [0.1, 0.15) is 18.5 Å². The van der Waals surface area contributed by atoms with Gasteiger partial charge in [-0.2, -0.15) is 0 Å². The number of nitrogens with two attached hydrogens (primary N) is 1. The van der Waals surface area contributed by atoms with Crippen LogP contribution < -0.4 is 15.8 Å². The zero-order valence-electron chi connectivity index (χ0n) is 9.42. The van der Waals surface area contributed by atoms with Crippen LogP contribution in [0.5, 0.6) is 5.75 Å². The van der Waals surface area contributed by atoms with Gasteiger partial charge >= 0.3 is 6.36 Å². The number of alkyl halides is 3. The third kappa shape index (κ3) is 4.24. The minimum atomic E-state index is -4.69. The Hall–Kier alpha value is -1.27. The minimum absolute atomic E-state index is 0.200.